The molecule has 1 atom stereocenters. The zero-order valence-electron chi connectivity index (χ0n) is 14.4. The molecule has 0 radical (unpaired) electrons. The first-order chi connectivity index (χ1) is 11.3. The number of nitrogens with zero attached hydrogens (tertiary/aromatic N) is 1. The van der Waals surface area contributed by atoms with Crippen molar-refractivity contribution in [2.75, 3.05) is 12.0 Å². The topological polar surface area (TPSA) is 42.7 Å². The first-order valence-corrected chi connectivity index (χ1v) is 8.06. The summed E-state index contributed by atoms with van der Waals surface area (Å²) in [5, 5.41) is 0. The first kappa shape index (κ1) is 16.6. The molecule has 0 aliphatic carbocycles. The number of fused-ring (bicyclic) bond motifs is 1. The lowest BCUT2D eigenvalue weighted by molar-refractivity contribution is 0.0563. The average Bonchev–Trinajstić information content (AvgIpc) is 2.99. The molecule has 4 nitrogen and oxygen atoms in total. The Morgan fingerprint density at radius 1 is 1.38 bits per heavy atom. The van der Waals surface area contributed by atoms with E-state index in [2.05, 4.69) is 30.4 Å². The van der Waals surface area contributed by atoms with Crippen molar-refractivity contribution in [1.82, 2.24) is 0 Å². The molecule has 1 aliphatic heterocycles. The van der Waals surface area contributed by atoms with Gasteiger partial charge in [0.25, 0.3) is 0 Å². The van der Waals surface area contributed by atoms with Crippen LogP contribution >= 0.6 is 0 Å². The summed E-state index contributed by atoms with van der Waals surface area (Å²) in [7, 11) is 1.32. The zero-order valence-corrected chi connectivity index (χ0v) is 14.4. The number of anilines is 1. The number of ether oxygens (including phenoxy) is 1. The summed E-state index contributed by atoms with van der Waals surface area (Å²) in [6.07, 6.45) is 0.911. The maximum Gasteiger partial charge on any atom is 0.373 e. The van der Waals surface area contributed by atoms with Gasteiger partial charge in [0, 0.05) is 11.2 Å². The van der Waals surface area contributed by atoms with Crippen LogP contribution in [0.2, 0.25) is 0 Å². The minimum absolute atomic E-state index is 0.109. The first-order valence-electron chi connectivity index (χ1n) is 8.06. The van der Waals surface area contributed by atoms with E-state index in [9.17, 15) is 9.18 Å². The smallest absolute Gasteiger partial charge is 0.373 e. The molecule has 0 bridgehead atoms. The van der Waals surface area contributed by atoms with Crippen molar-refractivity contribution in [1.29, 1.82) is 0 Å². The Bertz CT molecular complexity index is 766. The minimum Gasteiger partial charge on any atom is -0.463 e. The summed E-state index contributed by atoms with van der Waals surface area (Å²) in [6, 6.07) is 8.33. The maximum absolute atomic E-state index is 13.7. The zero-order chi connectivity index (χ0) is 17.5. The van der Waals surface area contributed by atoms with Crippen molar-refractivity contribution in [3.63, 3.8) is 0 Å². The molecule has 0 spiro atoms. The number of rotatable bonds is 3. The number of furan rings is 1. The van der Waals surface area contributed by atoms with Gasteiger partial charge in [-0.3, -0.25) is 0 Å². The molecule has 0 saturated carbocycles. The van der Waals surface area contributed by atoms with Gasteiger partial charge in [-0.15, -0.1) is 0 Å². The van der Waals surface area contributed by atoms with Crippen LogP contribution in [0, 0.1) is 5.82 Å². The summed E-state index contributed by atoms with van der Waals surface area (Å²) >= 11 is 0. The van der Waals surface area contributed by atoms with Crippen LogP contribution < -0.4 is 4.90 Å². The Kier molecular flexibility index (Phi) is 4.11. The van der Waals surface area contributed by atoms with Crippen molar-refractivity contribution < 1.29 is 18.3 Å². The maximum atomic E-state index is 13.7. The molecule has 2 heterocycles. The second-order valence-corrected chi connectivity index (χ2v) is 6.96. The fourth-order valence-corrected chi connectivity index (χ4v) is 3.59. The Hall–Kier alpha value is -2.30. The van der Waals surface area contributed by atoms with Crippen LogP contribution in [0.5, 0.6) is 0 Å². The van der Waals surface area contributed by atoms with Crippen LogP contribution in [-0.4, -0.2) is 18.6 Å². The summed E-state index contributed by atoms with van der Waals surface area (Å²) in [6.45, 7) is 6.97. The van der Waals surface area contributed by atoms with E-state index in [1.807, 2.05) is 6.07 Å². The van der Waals surface area contributed by atoms with Gasteiger partial charge in [-0.1, -0.05) is 6.92 Å². The molecule has 0 fully saturated rings. The molecular weight excluding hydrogens is 309 g/mol. The van der Waals surface area contributed by atoms with Gasteiger partial charge in [-0.05, 0) is 62.1 Å². The molecule has 3 rings (SSSR count). The van der Waals surface area contributed by atoms with E-state index in [0.29, 0.717) is 12.3 Å². The van der Waals surface area contributed by atoms with Crippen molar-refractivity contribution in [2.24, 2.45) is 0 Å². The van der Waals surface area contributed by atoms with E-state index in [1.165, 1.54) is 13.2 Å². The normalized spacial score (nSPS) is 19.0. The molecule has 2 aromatic rings. The van der Waals surface area contributed by atoms with Gasteiger partial charge in [0.15, 0.2) is 0 Å². The predicted molar refractivity (Wildman–Crippen MR) is 89.7 cm³/mol. The van der Waals surface area contributed by atoms with E-state index >= 15 is 0 Å². The van der Waals surface area contributed by atoms with Gasteiger partial charge in [0.1, 0.15) is 11.6 Å². The predicted octanol–water partition coefficient (Wildman–Crippen LogP) is 4.50. The lowest BCUT2D eigenvalue weighted by atomic mass is 9.80. The lowest BCUT2D eigenvalue weighted by Crippen LogP contribution is -2.47. The second kappa shape index (κ2) is 5.96. The van der Waals surface area contributed by atoms with Crippen LogP contribution in [0.15, 0.2) is 34.7 Å². The van der Waals surface area contributed by atoms with E-state index in [-0.39, 0.29) is 23.0 Å². The number of hydrogen-bond acceptors (Lipinski definition) is 4. The van der Waals surface area contributed by atoms with E-state index in [0.717, 1.165) is 17.7 Å². The number of benzene rings is 1. The Morgan fingerprint density at radius 2 is 2.12 bits per heavy atom. The van der Waals surface area contributed by atoms with Gasteiger partial charge in [0.2, 0.25) is 5.76 Å². The second-order valence-electron chi connectivity index (χ2n) is 6.96. The van der Waals surface area contributed by atoms with Gasteiger partial charge >= 0.3 is 5.97 Å². The molecule has 5 heteroatoms. The van der Waals surface area contributed by atoms with Crippen LogP contribution in [0.4, 0.5) is 10.1 Å². The molecule has 24 heavy (non-hydrogen) atoms. The molecule has 128 valence electrons. The Balaban J connectivity index is 1.95. The Morgan fingerprint density at radius 3 is 2.83 bits per heavy atom. The van der Waals surface area contributed by atoms with Crippen LogP contribution in [0.1, 0.15) is 55.0 Å². The summed E-state index contributed by atoms with van der Waals surface area (Å²) < 4.78 is 23.9. The van der Waals surface area contributed by atoms with Crippen molar-refractivity contribution in [3.8, 4) is 0 Å². The van der Waals surface area contributed by atoms with Gasteiger partial charge in [0.05, 0.1) is 13.7 Å². The fraction of sp³-hybridized carbons (Fsp3) is 0.421. The highest BCUT2D eigenvalue weighted by atomic mass is 19.1. The molecule has 0 N–H and O–H groups in total. The third-order valence-electron chi connectivity index (χ3n) is 4.71. The molecule has 0 amide bonds. The quantitative estimate of drug-likeness (QED) is 0.777. The summed E-state index contributed by atoms with van der Waals surface area (Å²) in [5.41, 5.74) is 1.91. The van der Waals surface area contributed by atoms with E-state index < -0.39 is 5.97 Å². The number of carbonyl (C=O) groups excluding carboxylic acids is 1. The van der Waals surface area contributed by atoms with Crippen LogP contribution in [-0.2, 0) is 11.3 Å². The van der Waals surface area contributed by atoms with Crippen LogP contribution in [0.3, 0.4) is 0 Å². The molecule has 1 unspecified atom stereocenters. The van der Waals surface area contributed by atoms with Gasteiger partial charge in [-0.25, -0.2) is 9.18 Å². The van der Waals surface area contributed by atoms with Gasteiger partial charge < -0.3 is 14.1 Å². The number of esters is 1. The number of methoxy groups -OCH3 is 1. The number of hydrogen-bond donors (Lipinski definition) is 0. The highest BCUT2D eigenvalue weighted by Gasteiger charge is 2.37. The molecule has 0 saturated heterocycles. The molecule has 1 aliphatic rings. The fourth-order valence-electron chi connectivity index (χ4n) is 3.59. The van der Waals surface area contributed by atoms with E-state index in [1.54, 1.807) is 18.2 Å². The van der Waals surface area contributed by atoms with E-state index in [4.69, 9.17) is 4.42 Å². The summed E-state index contributed by atoms with van der Waals surface area (Å²) in [5.74, 6) is 0.439. The number of carbonyl (C=O) groups is 1. The van der Waals surface area contributed by atoms with Crippen LogP contribution in [0.25, 0.3) is 0 Å². The van der Waals surface area contributed by atoms with Crippen molar-refractivity contribution >= 4 is 11.7 Å². The van der Waals surface area contributed by atoms with Gasteiger partial charge in [-0.2, -0.15) is 0 Å². The molecule has 1 aromatic heterocycles. The SMILES string of the molecule is COC(=O)c1ccc(CN2c3ccc(F)cc3C(C)CC2(C)C)o1. The lowest BCUT2D eigenvalue weighted by Gasteiger charge is -2.47. The standard InChI is InChI=1S/C19H22FNO3/c1-12-10-19(2,3)21(16-7-5-13(20)9-15(12)16)11-14-6-8-17(24-14)18(22)23-4/h5-9,12H,10-11H2,1-4H3. The molecule has 1 aromatic carbocycles. The molecular formula is C19H22FNO3. The number of halogens is 1. The van der Waals surface area contributed by atoms with Crippen molar-refractivity contribution in [2.45, 2.75) is 45.2 Å². The Labute approximate surface area is 141 Å². The summed E-state index contributed by atoms with van der Waals surface area (Å²) in [4.78, 5) is 13.8. The third kappa shape index (κ3) is 2.90. The highest BCUT2D eigenvalue weighted by Crippen LogP contribution is 2.44. The average molecular weight is 331 g/mol. The highest BCUT2D eigenvalue weighted by molar-refractivity contribution is 5.86. The third-order valence-corrected chi connectivity index (χ3v) is 4.71. The largest absolute Gasteiger partial charge is 0.463 e. The monoisotopic (exact) mass is 331 g/mol. The minimum atomic E-state index is -0.491. The van der Waals surface area contributed by atoms with Crippen molar-refractivity contribution in [3.05, 3.63) is 53.2 Å².